The molecule has 9 nitrogen and oxygen atoms in total. The van der Waals surface area contributed by atoms with Gasteiger partial charge in [-0.1, -0.05) is 31.2 Å². The predicted molar refractivity (Wildman–Crippen MR) is 121 cm³/mol. The summed E-state index contributed by atoms with van der Waals surface area (Å²) in [4.78, 5) is 40.1. The van der Waals surface area contributed by atoms with Crippen LogP contribution in [0.3, 0.4) is 0 Å². The van der Waals surface area contributed by atoms with E-state index >= 15 is 0 Å². The number of nitrogens with zero attached hydrogens (tertiary/aromatic N) is 2. The SMILES string of the molecule is CCNC(=O)[C@@H](CC)N(Cc1cccc(OC)c1)C(=O)CN1C(=O)c2ccccc2S1(=O)=O. The van der Waals surface area contributed by atoms with E-state index in [1.807, 2.05) is 0 Å². The van der Waals surface area contributed by atoms with Crippen LogP contribution in [0.1, 0.15) is 36.2 Å². The Hall–Kier alpha value is -3.40. The second-order valence-corrected chi connectivity index (χ2v) is 9.34. The highest BCUT2D eigenvalue weighted by Gasteiger charge is 2.43. The Morgan fingerprint density at radius 3 is 2.48 bits per heavy atom. The van der Waals surface area contributed by atoms with Crippen LogP contribution < -0.4 is 10.1 Å². The summed E-state index contributed by atoms with van der Waals surface area (Å²) in [6, 6.07) is 12.0. The molecule has 0 unspecified atom stereocenters. The Bertz CT molecular complexity index is 1160. The molecule has 0 saturated heterocycles. The van der Waals surface area contributed by atoms with E-state index < -0.39 is 34.4 Å². The maximum absolute atomic E-state index is 13.4. The van der Waals surface area contributed by atoms with Crippen molar-refractivity contribution in [1.29, 1.82) is 0 Å². The van der Waals surface area contributed by atoms with Gasteiger partial charge in [-0.25, -0.2) is 12.7 Å². The fraction of sp³-hybridized carbons (Fsp3) is 0.348. The molecule has 1 heterocycles. The van der Waals surface area contributed by atoms with E-state index in [1.54, 1.807) is 44.2 Å². The van der Waals surface area contributed by atoms with Gasteiger partial charge in [-0.15, -0.1) is 0 Å². The first kappa shape index (κ1) is 24.2. The van der Waals surface area contributed by atoms with Crippen molar-refractivity contribution >= 4 is 27.7 Å². The van der Waals surface area contributed by atoms with Crippen LogP contribution in [0.25, 0.3) is 0 Å². The van der Waals surface area contributed by atoms with E-state index in [0.29, 0.717) is 28.6 Å². The first-order valence-corrected chi connectivity index (χ1v) is 12.0. The lowest BCUT2D eigenvalue weighted by molar-refractivity contribution is -0.141. The number of carbonyl (C=O) groups is 3. The fourth-order valence-electron chi connectivity index (χ4n) is 3.78. The number of likely N-dealkylation sites (N-methyl/N-ethyl adjacent to an activating group) is 1. The van der Waals surface area contributed by atoms with Crippen LogP contribution in [-0.2, 0) is 26.2 Å². The van der Waals surface area contributed by atoms with Gasteiger partial charge >= 0.3 is 0 Å². The number of sulfonamides is 1. The van der Waals surface area contributed by atoms with Crippen LogP contribution in [0.5, 0.6) is 5.75 Å². The standard InChI is InChI=1S/C23H27N3O6S/c1-4-19(22(28)24-5-2)25(14-16-9-8-10-17(13-16)32-3)21(27)15-26-23(29)18-11-6-7-12-20(18)33(26,30)31/h6-13,19H,4-5,14-15H2,1-3H3,(H,24,28)/t19-/m1/s1. The zero-order valence-electron chi connectivity index (χ0n) is 18.8. The molecule has 1 aliphatic rings. The molecule has 0 aromatic heterocycles. The highest BCUT2D eigenvalue weighted by Crippen LogP contribution is 2.30. The summed E-state index contributed by atoms with van der Waals surface area (Å²) in [5.74, 6) is -1.18. The van der Waals surface area contributed by atoms with Crippen LogP contribution in [-0.4, -0.2) is 61.6 Å². The molecule has 1 N–H and O–H groups in total. The molecule has 33 heavy (non-hydrogen) atoms. The molecular formula is C23H27N3O6S. The number of hydrogen-bond acceptors (Lipinski definition) is 6. The summed E-state index contributed by atoms with van der Waals surface area (Å²) in [5, 5.41) is 2.72. The summed E-state index contributed by atoms with van der Waals surface area (Å²) in [5.41, 5.74) is 0.727. The van der Waals surface area contributed by atoms with Crippen molar-refractivity contribution < 1.29 is 27.5 Å². The summed E-state index contributed by atoms with van der Waals surface area (Å²) in [6.07, 6.45) is 0.308. The van der Waals surface area contributed by atoms with Gasteiger partial charge in [0.2, 0.25) is 11.8 Å². The van der Waals surface area contributed by atoms with Gasteiger partial charge in [0, 0.05) is 13.1 Å². The van der Waals surface area contributed by atoms with Crippen LogP contribution in [0.2, 0.25) is 0 Å². The van der Waals surface area contributed by atoms with Gasteiger partial charge < -0.3 is 15.0 Å². The highest BCUT2D eigenvalue weighted by atomic mass is 32.2. The molecule has 0 aliphatic carbocycles. The number of amides is 3. The van der Waals surface area contributed by atoms with Crippen molar-refractivity contribution in [3.05, 3.63) is 59.7 Å². The van der Waals surface area contributed by atoms with Crippen LogP contribution in [0, 0.1) is 0 Å². The van der Waals surface area contributed by atoms with Gasteiger partial charge in [-0.3, -0.25) is 14.4 Å². The summed E-state index contributed by atoms with van der Waals surface area (Å²) < 4.78 is 31.6. The number of fused-ring (bicyclic) bond motifs is 1. The topological polar surface area (TPSA) is 113 Å². The third kappa shape index (κ3) is 4.85. The molecule has 3 rings (SSSR count). The minimum Gasteiger partial charge on any atom is -0.497 e. The predicted octanol–water partition coefficient (Wildman–Crippen LogP) is 1.78. The average molecular weight is 474 g/mol. The number of benzene rings is 2. The first-order valence-electron chi connectivity index (χ1n) is 10.6. The first-order chi connectivity index (χ1) is 15.7. The number of ether oxygens (including phenoxy) is 1. The minimum absolute atomic E-state index is 0.0282. The maximum atomic E-state index is 13.4. The van der Waals surface area contributed by atoms with Crippen molar-refractivity contribution in [3.8, 4) is 5.75 Å². The van der Waals surface area contributed by atoms with Crippen LogP contribution in [0.4, 0.5) is 0 Å². The van der Waals surface area contributed by atoms with Gasteiger partial charge in [-0.2, -0.15) is 0 Å². The molecule has 1 aliphatic heterocycles. The maximum Gasteiger partial charge on any atom is 0.269 e. The molecule has 0 saturated carbocycles. The zero-order chi connectivity index (χ0) is 24.2. The van der Waals surface area contributed by atoms with Gasteiger partial charge in [-0.05, 0) is 43.2 Å². The lowest BCUT2D eigenvalue weighted by atomic mass is 10.1. The van der Waals surface area contributed by atoms with Gasteiger partial charge in [0.25, 0.3) is 15.9 Å². The molecule has 3 amide bonds. The van der Waals surface area contributed by atoms with Crippen molar-refractivity contribution in [1.82, 2.24) is 14.5 Å². The van der Waals surface area contributed by atoms with Crippen molar-refractivity contribution in [2.75, 3.05) is 20.2 Å². The Balaban J connectivity index is 1.93. The monoisotopic (exact) mass is 473 g/mol. The van der Waals surface area contributed by atoms with Gasteiger partial charge in [0.15, 0.2) is 0 Å². The molecule has 10 heteroatoms. The highest BCUT2D eigenvalue weighted by molar-refractivity contribution is 7.90. The second kappa shape index (κ2) is 10.0. The van der Waals surface area contributed by atoms with Crippen molar-refractivity contribution in [2.24, 2.45) is 0 Å². The van der Waals surface area contributed by atoms with E-state index in [-0.39, 0.29) is 22.9 Å². The minimum atomic E-state index is -4.15. The molecule has 176 valence electrons. The quantitative estimate of drug-likeness (QED) is 0.594. The van der Waals surface area contributed by atoms with E-state index in [4.69, 9.17) is 4.74 Å². The zero-order valence-corrected chi connectivity index (χ0v) is 19.6. The number of hydrogen-bond donors (Lipinski definition) is 1. The molecule has 0 bridgehead atoms. The van der Waals surface area contributed by atoms with Crippen molar-refractivity contribution in [2.45, 2.75) is 37.8 Å². The number of nitrogens with one attached hydrogen (secondary N) is 1. The largest absolute Gasteiger partial charge is 0.497 e. The summed E-state index contributed by atoms with van der Waals surface area (Å²) in [7, 11) is -2.63. The van der Waals surface area contributed by atoms with E-state index in [9.17, 15) is 22.8 Å². The number of rotatable bonds is 9. The molecule has 0 radical (unpaired) electrons. The van der Waals surface area contributed by atoms with E-state index in [1.165, 1.54) is 30.2 Å². The van der Waals surface area contributed by atoms with Crippen LogP contribution >= 0.6 is 0 Å². The summed E-state index contributed by atoms with van der Waals surface area (Å²) >= 11 is 0. The van der Waals surface area contributed by atoms with E-state index in [0.717, 1.165) is 0 Å². The lowest BCUT2D eigenvalue weighted by Crippen LogP contribution is -2.52. The Morgan fingerprint density at radius 2 is 1.85 bits per heavy atom. The second-order valence-electron chi connectivity index (χ2n) is 7.50. The third-order valence-electron chi connectivity index (χ3n) is 5.41. The fourth-order valence-corrected chi connectivity index (χ4v) is 5.30. The lowest BCUT2D eigenvalue weighted by Gasteiger charge is -2.31. The third-order valence-corrected chi connectivity index (χ3v) is 7.20. The average Bonchev–Trinajstić information content (AvgIpc) is 3.00. The molecule has 2 aromatic rings. The number of methoxy groups -OCH3 is 1. The molecule has 1 atom stereocenters. The molecule has 0 fully saturated rings. The Labute approximate surface area is 193 Å². The Morgan fingerprint density at radius 1 is 1.12 bits per heavy atom. The van der Waals surface area contributed by atoms with Gasteiger partial charge in [0.05, 0.1) is 12.7 Å². The molecule has 0 spiro atoms. The number of carbonyl (C=O) groups excluding carboxylic acids is 3. The molecule has 2 aromatic carbocycles. The van der Waals surface area contributed by atoms with Crippen LogP contribution in [0.15, 0.2) is 53.4 Å². The van der Waals surface area contributed by atoms with Gasteiger partial charge in [0.1, 0.15) is 23.2 Å². The normalized spacial score (nSPS) is 15.0. The van der Waals surface area contributed by atoms with Crippen molar-refractivity contribution in [3.63, 3.8) is 0 Å². The summed E-state index contributed by atoms with van der Waals surface area (Å²) in [6.45, 7) is 3.26. The van der Waals surface area contributed by atoms with E-state index in [2.05, 4.69) is 5.32 Å². The Kier molecular flexibility index (Phi) is 7.37. The molecular weight excluding hydrogens is 446 g/mol. The smallest absolute Gasteiger partial charge is 0.269 e.